The second kappa shape index (κ2) is 6.41. The van der Waals surface area contributed by atoms with E-state index in [4.69, 9.17) is 4.74 Å². The van der Waals surface area contributed by atoms with Crippen LogP contribution in [0, 0.1) is 5.41 Å². The summed E-state index contributed by atoms with van der Waals surface area (Å²) in [7, 11) is 1.54. The Labute approximate surface area is 118 Å². The lowest BCUT2D eigenvalue weighted by atomic mass is 9.72. The van der Waals surface area contributed by atoms with Crippen LogP contribution < -0.4 is 14.9 Å². The molecule has 0 aromatic heterocycles. The number of carboxylic acids is 2. The summed E-state index contributed by atoms with van der Waals surface area (Å²) in [5.74, 6) is -2.23. The van der Waals surface area contributed by atoms with Crippen molar-refractivity contribution in [3.63, 3.8) is 0 Å². The van der Waals surface area contributed by atoms with Gasteiger partial charge < -0.3 is 24.5 Å². The molecule has 0 heterocycles. The van der Waals surface area contributed by atoms with Crippen molar-refractivity contribution >= 4 is 11.9 Å². The Bertz CT molecular complexity index is 476. The summed E-state index contributed by atoms with van der Waals surface area (Å²) in [4.78, 5) is 21.9. The lowest BCUT2D eigenvalue weighted by Crippen LogP contribution is -2.42. The second-order valence-electron chi connectivity index (χ2n) is 5.25. The number of methoxy groups -OCH3 is 1. The van der Waals surface area contributed by atoms with Crippen molar-refractivity contribution in [2.24, 2.45) is 5.41 Å². The molecule has 0 saturated carbocycles. The number of carboxylic acid groups (broad SMARTS) is 2. The SMILES string of the molecule is COc1ccc([C@@H](CCC(=O)[O-])C(C)(C)C(=O)[O-])cc1. The number of carbonyl (C=O) groups excluding carboxylic acids is 2. The van der Waals surface area contributed by atoms with Gasteiger partial charge in [-0.3, -0.25) is 0 Å². The molecule has 0 aliphatic carbocycles. The number of benzene rings is 1. The fourth-order valence-corrected chi connectivity index (χ4v) is 2.18. The molecule has 20 heavy (non-hydrogen) atoms. The van der Waals surface area contributed by atoms with Crippen LogP contribution in [-0.4, -0.2) is 19.0 Å². The highest BCUT2D eigenvalue weighted by Gasteiger charge is 2.31. The van der Waals surface area contributed by atoms with E-state index < -0.39 is 23.3 Å². The Morgan fingerprint density at radius 3 is 2.15 bits per heavy atom. The van der Waals surface area contributed by atoms with Gasteiger partial charge in [-0.15, -0.1) is 0 Å². The number of ether oxygens (including phenoxy) is 1. The summed E-state index contributed by atoms with van der Waals surface area (Å²) in [5, 5.41) is 21.9. The third-order valence-electron chi connectivity index (χ3n) is 3.55. The minimum Gasteiger partial charge on any atom is -0.550 e. The number of carbonyl (C=O) groups is 2. The molecule has 0 amide bonds. The van der Waals surface area contributed by atoms with Gasteiger partial charge in [0.15, 0.2) is 0 Å². The molecule has 0 unspecified atom stereocenters. The van der Waals surface area contributed by atoms with Crippen LogP contribution in [0.5, 0.6) is 5.75 Å². The van der Waals surface area contributed by atoms with Crippen LogP contribution in [0.4, 0.5) is 0 Å². The lowest BCUT2D eigenvalue weighted by molar-refractivity contribution is -0.319. The van der Waals surface area contributed by atoms with Crippen molar-refractivity contribution in [3.05, 3.63) is 29.8 Å². The minimum atomic E-state index is -1.21. The summed E-state index contributed by atoms with van der Waals surface area (Å²) in [6.45, 7) is 3.07. The first-order valence-electron chi connectivity index (χ1n) is 6.34. The third kappa shape index (κ3) is 3.73. The molecule has 5 nitrogen and oxygen atoms in total. The first kappa shape index (κ1) is 16.0. The van der Waals surface area contributed by atoms with Gasteiger partial charge in [0, 0.05) is 17.4 Å². The molecule has 0 N–H and O–H groups in total. The molecule has 0 aliphatic rings. The van der Waals surface area contributed by atoms with Gasteiger partial charge in [0.1, 0.15) is 5.75 Å². The maximum absolute atomic E-state index is 11.3. The van der Waals surface area contributed by atoms with Gasteiger partial charge in [0.05, 0.1) is 7.11 Å². The standard InChI is InChI=1S/C15H20O5/c1-15(2,14(18)19)12(8-9-13(16)17)10-4-6-11(20-3)7-5-10/h4-7,12H,8-9H2,1-3H3,(H,16,17)(H,18,19)/p-2/t12-/m1/s1. The Morgan fingerprint density at radius 1 is 1.20 bits per heavy atom. The van der Waals surface area contributed by atoms with Gasteiger partial charge >= 0.3 is 0 Å². The van der Waals surface area contributed by atoms with Gasteiger partial charge in [-0.25, -0.2) is 0 Å². The zero-order valence-corrected chi connectivity index (χ0v) is 11.8. The quantitative estimate of drug-likeness (QED) is 0.705. The monoisotopic (exact) mass is 278 g/mol. The third-order valence-corrected chi connectivity index (χ3v) is 3.55. The lowest BCUT2D eigenvalue weighted by Gasteiger charge is -2.36. The second-order valence-corrected chi connectivity index (χ2v) is 5.25. The van der Waals surface area contributed by atoms with Crippen LogP contribution in [0.25, 0.3) is 0 Å². The summed E-state index contributed by atoms with van der Waals surface area (Å²) in [5.41, 5.74) is -0.439. The largest absolute Gasteiger partial charge is 0.550 e. The van der Waals surface area contributed by atoms with Crippen LogP contribution in [0.3, 0.4) is 0 Å². The smallest absolute Gasteiger partial charge is 0.118 e. The van der Waals surface area contributed by atoms with Crippen molar-refractivity contribution in [1.82, 2.24) is 0 Å². The molecule has 1 rings (SSSR count). The molecule has 0 aliphatic heterocycles. The van der Waals surface area contributed by atoms with E-state index in [2.05, 4.69) is 0 Å². The zero-order chi connectivity index (χ0) is 15.3. The Hall–Kier alpha value is -2.04. The normalized spacial score (nSPS) is 12.8. The summed E-state index contributed by atoms with van der Waals surface area (Å²) < 4.78 is 5.05. The van der Waals surface area contributed by atoms with Crippen molar-refractivity contribution in [2.75, 3.05) is 7.11 Å². The van der Waals surface area contributed by atoms with Crippen LogP contribution in [-0.2, 0) is 9.59 Å². The van der Waals surface area contributed by atoms with E-state index in [0.29, 0.717) is 5.75 Å². The Morgan fingerprint density at radius 2 is 1.75 bits per heavy atom. The highest BCUT2D eigenvalue weighted by atomic mass is 16.5. The van der Waals surface area contributed by atoms with E-state index in [9.17, 15) is 19.8 Å². The Kier molecular flexibility index (Phi) is 5.13. The summed E-state index contributed by atoms with van der Waals surface area (Å²) >= 11 is 0. The number of aliphatic carboxylic acids is 2. The molecular weight excluding hydrogens is 260 g/mol. The number of hydrogen-bond donors (Lipinski definition) is 0. The van der Waals surface area contributed by atoms with Crippen LogP contribution >= 0.6 is 0 Å². The van der Waals surface area contributed by atoms with Crippen LogP contribution in [0.2, 0.25) is 0 Å². The van der Waals surface area contributed by atoms with E-state index in [1.807, 2.05) is 0 Å². The molecule has 0 radical (unpaired) electrons. The van der Waals surface area contributed by atoms with Gasteiger partial charge in [0.25, 0.3) is 0 Å². The predicted octanol–water partition coefficient (Wildman–Crippen LogP) is 0.0850. The molecule has 1 aromatic rings. The maximum atomic E-state index is 11.3. The molecular formula is C15H18O5-2. The average molecular weight is 278 g/mol. The molecule has 5 heteroatoms. The Balaban J connectivity index is 3.08. The minimum absolute atomic E-state index is 0.176. The van der Waals surface area contributed by atoms with Crippen molar-refractivity contribution in [3.8, 4) is 5.75 Å². The van der Waals surface area contributed by atoms with Crippen LogP contribution in [0.1, 0.15) is 38.2 Å². The maximum Gasteiger partial charge on any atom is 0.118 e. The molecule has 1 aromatic carbocycles. The van der Waals surface area contributed by atoms with Gasteiger partial charge in [-0.2, -0.15) is 0 Å². The van der Waals surface area contributed by atoms with Crippen molar-refractivity contribution < 1.29 is 24.5 Å². The average Bonchev–Trinajstić information content (AvgIpc) is 2.38. The fraction of sp³-hybridized carbons (Fsp3) is 0.467. The van der Waals surface area contributed by atoms with E-state index in [-0.39, 0.29) is 12.8 Å². The first-order valence-corrected chi connectivity index (χ1v) is 6.34. The van der Waals surface area contributed by atoms with Gasteiger partial charge in [-0.05, 0) is 36.5 Å². The fourth-order valence-electron chi connectivity index (χ4n) is 2.18. The van der Waals surface area contributed by atoms with E-state index >= 15 is 0 Å². The molecule has 0 spiro atoms. The topological polar surface area (TPSA) is 89.5 Å². The number of hydrogen-bond acceptors (Lipinski definition) is 5. The molecule has 110 valence electrons. The summed E-state index contributed by atoms with van der Waals surface area (Å²) in [6, 6.07) is 6.91. The van der Waals surface area contributed by atoms with E-state index in [1.54, 1.807) is 24.3 Å². The highest BCUT2D eigenvalue weighted by molar-refractivity contribution is 5.73. The van der Waals surface area contributed by atoms with Gasteiger partial charge in [0.2, 0.25) is 0 Å². The van der Waals surface area contributed by atoms with E-state index in [0.717, 1.165) is 5.56 Å². The van der Waals surface area contributed by atoms with E-state index in [1.165, 1.54) is 21.0 Å². The zero-order valence-electron chi connectivity index (χ0n) is 11.8. The molecule has 0 bridgehead atoms. The van der Waals surface area contributed by atoms with Crippen LogP contribution in [0.15, 0.2) is 24.3 Å². The molecule has 0 saturated heterocycles. The predicted molar refractivity (Wildman–Crippen MR) is 68.8 cm³/mol. The first-order chi connectivity index (χ1) is 9.28. The van der Waals surface area contributed by atoms with Crippen molar-refractivity contribution in [2.45, 2.75) is 32.6 Å². The van der Waals surface area contributed by atoms with Crippen molar-refractivity contribution in [1.29, 1.82) is 0 Å². The highest BCUT2D eigenvalue weighted by Crippen LogP contribution is 2.39. The summed E-state index contributed by atoms with van der Waals surface area (Å²) in [6.07, 6.45) is -0.0248. The number of rotatable bonds is 7. The van der Waals surface area contributed by atoms with Gasteiger partial charge in [-0.1, -0.05) is 26.0 Å². The molecule has 1 atom stereocenters. The molecule has 0 fully saturated rings.